The van der Waals surface area contributed by atoms with Crippen LogP contribution in [0.25, 0.3) is 0 Å². The van der Waals surface area contributed by atoms with Gasteiger partial charge in [0.15, 0.2) is 11.7 Å². The molecule has 0 radical (unpaired) electrons. The molecule has 0 aliphatic carbocycles. The Labute approximate surface area is 182 Å². The van der Waals surface area contributed by atoms with E-state index in [1.54, 1.807) is 6.07 Å². The van der Waals surface area contributed by atoms with Gasteiger partial charge in [0.05, 0.1) is 5.01 Å². The summed E-state index contributed by atoms with van der Waals surface area (Å²) in [5.41, 5.74) is 0.0767. The maximum Gasteiger partial charge on any atom is 0.434 e. The van der Waals surface area contributed by atoms with Gasteiger partial charge in [-0.1, -0.05) is 12.1 Å². The number of nitrogens with zero attached hydrogens (tertiary/aromatic N) is 2. The first-order valence-electron chi connectivity index (χ1n) is 8.66. The molecule has 0 spiro atoms. The average molecular weight is 530 g/mol. The summed E-state index contributed by atoms with van der Waals surface area (Å²) in [4.78, 5) is 8.03. The lowest BCUT2D eigenvalue weighted by Gasteiger charge is -2.10. The minimum Gasteiger partial charge on any atom is -0.357 e. The number of hydrogen-bond donors (Lipinski definition) is 2. The Kier molecular flexibility index (Phi) is 10.7. The number of aliphatic imine (C=N–C) groups is 1. The molecular weight excluding hydrogens is 507 g/mol. The topological polar surface area (TPSA) is 49.3 Å². The first-order chi connectivity index (χ1) is 12.9. The van der Waals surface area contributed by atoms with Crippen LogP contribution in [0.3, 0.4) is 0 Å². The van der Waals surface area contributed by atoms with Crippen molar-refractivity contribution in [3.05, 3.63) is 51.7 Å². The van der Waals surface area contributed by atoms with E-state index in [9.17, 15) is 17.6 Å². The van der Waals surface area contributed by atoms with E-state index in [-0.39, 0.29) is 29.8 Å². The Hall–Kier alpha value is -1.43. The molecule has 2 rings (SSSR count). The molecule has 0 amide bonds. The van der Waals surface area contributed by atoms with Gasteiger partial charge in [0.1, 0.15) is 5.82 Å². The molecule has 0 fully saturated rings. The normalized spacial score (nSPS) is 11.8. The second kappa shape index (κ2) is 12.2. The number of hydrogen-bond acceptors (Lipinski definition) is 3. The molecule has 1 aromatic heterocycles. The molecule has 2 N–H and O–H groups in total. The monoisotopic (exact) mass is 530 g/mol. The van der Waals surface area contributed by atoms with Crippen LogP contribution < -0.4 is 10.6 Å². The van der Waals surface area contributed by atoms with E-state index in [1.165, 1.54) is 12.1 Å². The molecule has 4 nitrogen and oxygen atoms in total. The van der Waals surface area contributed by atoms with E-state index in [0.29, 0.717) is 37.0 Å². The van der Waals surface area contributed by atoms with Gasteiger partial charge in [-0.15, -0.1) is 35.3 Å². The van der Waals surface area contributed by atoms with Gasteiger partial charge < -0.3 is 10.6 Å². The van der Waals surface area contributed by atoms with Crippen LogP contribution in [0.2, 0.25) is 0 Å². The standard InChI is InChI=1S/C18H22F4N4S.HI/c1-2-23-17(24-9-4-6-13-5-3-7-14(19)11-13)25-10-8-16-26-15(12-27-16)18(20,21)22;/h3,5,7,11-12H,2,4,6,8-10H2,1H3,(H2,23,24,25);1H. The Morgan fingerprint density at radius 2 is 2.00 bits per heavy atom. The summed E-state index contributed by atoms with van der Waals surface area (Å²) >= 11 is 1.000. The van der Waals surface area contributed by atoms with Crippen LogP contribution in [-0.2, 0) is 19.0 Å². The van der Waals surface area contributed by atoms with E-state index in [0.717, 1.165) is 35.1 Å². The fourth-order valence-corrected chi connectivity index (χ4v) is 3.16. The molecule has 0 aliphatic rings. The molecule has 156 valence electrons. The van der Waals surface area contributed by atoms with E-state index < -0.39 is 11.9 Å². The van der Waals surface area contributed by atoms with Crippen LogP contribution in [0.1, 0.15) is 29.6 Å². The van der Waals surface area contributed by atoms with Gasteiger partial charge in [0.25, 0.3) is 0 Å². The highest BCUT2D eigenvalue weighted by Gasteiger charge is 2.33. The molecule has 1 heterocycles. The minimum atomic E-state index is -4.40. The van der Waals surface area contributed by atoms with Crippen LogP contribution in [0.4, 0.5) is 17.6 Å². The number of aromatic nitrogens is 1. The molecule has 28 heavy (non-hydrogen) atoms. The zero-order valence-electron chi connectivity index (χ0n) is 15.4. The SMILES string of the molecule is CCNC(=NCCCc1cccc(F)c1)NCCc1nc(C(F)(F)F)cs1.I. The summed E-state index contributed by atoms with van der Waals surface area (Å²) < 4.78 is 50.8. The van der Waals surface area contributed by atoms with Crippen molar-refractivity contribution in [1.29, 1.82) is 0 Å². The number of guanidine groups is 1. The maximum atomic E-state index is 13.1. The zero-order valence-corrected chi connectivity index (χ0v) is 18.5. The molecule has 1 aromatic carbocycles. The Balaban J connectivity index is 0.00000392. The maximum absolute atomic E-state index is 13.1. The van der Waals surface area contributed by atoms with Crippen molar-refractivity contribution < 1.29 is 17.6 Å². The van der Waals surface area contributed by atoms with E-state index in [1.807, 2.05) is 13.0 Å². The zero-order chi connectivity index (χ0) is 19.7. The predicted octanol–water partition coefficient (Wildman–Crippen LogP) is 4.65. The van der Waals surface area contributed by atoms with Crippen LogP contribution in [0.5, 0.6) is 0 Å². The smallest absolute Gasteiger partial charge is 0.357 e. The van der Waals surface area contributed by atoms with Crippen molar-refractivity contribution in [2.24, 2.45) is 4.99 Å². The van der Waals surface area contributed by atoms with E-state index >= 15 is 0 Å². The lowest BCUT2D eigenvalue weighted by Crippen LogP contribution is -2.38. The van der Waals surface area contributed by atoms with Crippen molar-refractivity contribution in [2.45, 2.75) is 32.4 Å². The highest BCUT2D eigenvalue weighted by Crippen LogP contribution is 2.29. The van der Waals surface area contributed by atoms with Gasteiger partial charge in [-0.05, 0) is 37.5 Å². The van der Waals surface area contributed by atoms with Gasteiger partial charge in [-0.3, -0.25) is 4.99 Å². The van der Waals surface area contributed by atoms with Gasteiger partial charge >= 0.3 is 6.18 Å². The molecule has 0 saturated heterocycles. The first kappa shape index (κ1) is 24.6. The number of halogens is 5. The largest absolute Gasteiger partial charge is 0.434 e. The summed E-state index contributed by atoms with van der Waals surface area (Å²) in [5, 5.41) is 7.63. The summed E-state index contributed by atoms with van der Waals surface area (Å²) in [7, 11) is 0. The van der Waals surface area contributed by atoms with Gasteiger partial charge in [0.2, 0.25) is 0 Å². The number of benzene rings is 1. The Morgan fingerprint density at radius 1 is 1.21 bits per heavy atom. The van der Waals surface area contributed by atoms with Crippen LogP contribution >= 0.6 is 35.3 Å². The average Bonchev–Trinajstić information content (AvgIpc) is 3.08. The molecule has 2 aromatic rings. The molecule has 0 aliphatic heterocycles. The number of thiazole rings is 1. The van der Waals surface area contributed by atoms with E-state index in [2.05, 4.69) is 20.6 Å². The van der Waals surface area contributed by atoms with Crippen molar-refractivity contribution in [3.63, 3.8) is 0 Å². The van der Waals surface area contributed by atoms with Gasteiger partial charge in [-0.25, -0.2) is 9.37 Å². The Morgan fingerprint density at radius 3 is 2.64 bits per heavy atom. The Bertz CT molecular complexity index is 749. The van der Waals surface area contributed by atoms with Gasteiger partial charge in [-0.2, -0.15) is 13.2 Å². The summed E-state index contributed by atoms with van der Waals surface area (Å²) in [6.07, 6.45) is -2.53. The number of alkyl halides is 3. The lowest BCUT2D eigenvalue weighted by atomic mass is 10.1. The van der Waals surface area contributed by atoms with Crippen LogP contribution in [-0.4, -0.2) is 30.6 Å². The second-order valence-electron chi connectivity index (χ2n) is 5.80. The molecule has 0 atom stereocenters. The third-order valence-corrected chi connectivity index (χ3v) is 4.51. The molecule has 0 bridgehead atoms. The molecule has 0 saturated carbocycles. The van der Waals surface area contributed by atoms with Crippen molar-refractivity contribution in [1.82, 2.24) is 15.6 Å². The number of rotatable bonds is 8. The number of nitrogens with one attached hydrogen (secondary N) is 2. The summed E-state index contributed by atoms with van der Waals surface area (Å²) in [5.74, 6) is 0.353. The summed E-state index contributed by atoms with van der Waals surface area (Å²) in [6, 6.07) is 6.48. The second-order valence-corrected chi connectivity index (χ2v) is 6.74. The van der Waals surface area contributed by atoms with Crippen molar-refractivity contribution >= 4 is 41.3 Å². The fourth-order valence-electron chi connectivity index (χ4n) is 2.35. The summed E-state index contributed by atoms with van der Waals surface area (Å²) in [6.45, 7) is 3.59. The highest BCUT2D eigenvalue weighted by molar-refractivity contribution is 14.0. The van der Waals surface area contributed by atoms with Crippen LogP contribution in [0.15, 0.2) is 34.6 Å². The quantitative estimate of drug-likeness (QED) is 0.172. The third-order valence-electron chi connectivity index (χ3n) is 3.60. The fraction of sp³-hybridized carbons (Fsp3) is 0.444. The van der Waals surface area contributed by atoms with Crippen molar-refractivity contribution in [2.75, 3.05) is 19.6 Å². The molecule has 10 heteroatoms. The third kappa shape index (κ3) is 8.72. The first-order valence-corrected chi connectivity index (χ1v) is 9.54. The lowest BCUT2D eigenvalue weighted by molar-refractivity contribution is -0.140. The van der Waals surface area contributed by atoms with E-state index in [4.69, 9.17) is 0 Å². The minimum absolute atomic E-state index is 0. The predicted molar refractivity (Wildman–Crippen MR) is 115 cm³/mol. The molecular formula is C18H23F4IN4S. The highest BCUT2D eigenvalue weighted by atomic mass is 127. The van der Waals surface area contributed by atoms with Gasteiger partial charge in [0, 0.05) is 31.4 Å². The number of aryl methyl sites for hydroxylation is 1. The van der Waals surface area contributed by atoms with Crippen molar-refractivity contribution in [3.8, 4) is 0 Å². The van der Waals surface area contributed by atoms with Crippen LogP contribution in [0, 0.1) is 5.82 Å². The molecule has 0 unspecified atom stereocenters.